The molecule has 0 atom stereocenters. The van der Waals surface area contributed by atoms with Crippen molar-refractivity contribution in [1.82, 2.24) is 14.2 Å². The Morgan fingerprint density at radius 2 is 1.88 bits per heavy atom. The van der Waals surface area contributed by atoms with Gasteiger partial charge in [0, 0.05) is 10.6 Å². The number of methoxy groups -OCH3 is 1. The molecular formula is C15H11ClFN3O3S. The molecule has 0 saturated carbocycles. The van der Waals surface area contributed by atoms with Crippen molar-refractivity contribution in [2.75, 3.05) is 7.11 Å². The van der Waals surface area contributed by atoms with E-state index in [4.69, 9.17) is 16.3 Å². The summed E-state index contributed by atoms with van der Waals surface area (Å²) in [4.78, 5) is 3.94. The van der Waals surface area contributed by atoms with Gasteiger partial charge in [0.05, 0.1) is 12.0 Å². The lowest BCUT2D eigenvalue weighted by molar-refractivity contribution is 0.380. The van der Waals surface area contributed by atoms with Crippen LogP contribution in [0.4, 0.5) is 4.39 Å². The van der Waals surface area contributed by atoms with Gasteiger partial charge in [0.1, 0.15) is 5.82 Å². The lowest BCUT2D eigenvalue weighted by atomic mass is 10.2. The van der Waals surface area contributed by atoms with Gasteiger partial charge in [-0.2, -0.15) is 13.4 Å². The minimum atomic E-state index is -4.08. The molecule has 6 nitrogen and oxygen atoms in total. The maximum Gasteiger partial charge on any atom is 0.336 e. The molecule has 2 aromatic carbocycles. The average molecular weight is 368 g/mol. The lowest BCUT2D eigenvalue weighted by Gasteiger charge is -2.07. The second kappa shape index (κ2) is 6.21. The van der Waals surface area contributed by atoms with Crippen molar-refractivity contribution in [2.45, 2.75) is 4.90 Å². The summed E-state index contributed by atoms with van der Waals surface area (Å²) in [5.74, 6) is -0.501. The highest BCUT2D eigenvalue weighted by atomic mass is 35.5. The summed E-state index contributed by atoms with van der Waals surface area (Å²) in [5, 5.41) is 4.28. The molecule has 0 N–H and O–H groups in total. The first-order chi connectivity index (χ1) is 11.4. The molecule has 0 radical (unpaired) electrons. The summed E-state index contributed by atoms with van der Waals surface area (Å²) >= 11 is 5.96. The van der Waals surface area contributed by atoms with E-state index in [1.165, 1.54) is 7.11 Å². The van der Waals surface area contributed by atoms with Gasteiger partial charge in [0.15, 0.2) is 5.82 Å². The second-order valence-electron chi connectivity index (χ2n) is 4.73. The van der Waals surface area contributed by atoms with E-state index in [0.29, 0.717) is 10.6 Å². The van der Waals surface area contributed by atoms with Crippen LogP contribution in [0, 0.1) is 5.82 Å². The van der Waals surface area contributed by atoms with Gasteiger partial charge in [-0.25, -0.2) is 4.39 Å². The van der Waals surface area contributed by atoms with Crippen molar-refractivity contribution in [3.05, 3.63) is 59.4 Å². The van der Waals surface area contributed by atoms with E-state index in [9.17, 15) is 12.8 Å². The van der Waals surface area contributed by atoms with Crippen LogP contribution in [-0.4, -0.2) is 29.7 Å². The molecular weight excluding hydrogens is 357 g/mol. The zero-order chi connectivity index (χ0) is 17.3. The van der Waals surface area contributed by atoms with Crippen molar-refractivity contribution in [3.8, 4) is 17.4 Å². The Morgan fingerprint density at radius 1 is 1.17 bits per heavy atom. The van der Waals surface area contributed by atoms with Crippen LogP contribution in [0.2, 0.25) is 5.02 Å². The molecule has 0 aliphatic carbocycles. The van der Waals surface area contributed by atoms with Gasteiger partial charge >= 0.3 is 6.01 Å². The van der Waals surface area contributed by atoms with Gasteiger partial charge in [-0.3, -0.25) is 0 Å². The van der Waals surface area contributed by atoms with Gasteiger partial charge in [-0.15, -0.1) is 4.09 Å². The van der Waals surface area contributed by atoms with Crippen molar-refractivity contribution in [2.24, 2.45) is 0 Å². The van der Waals surface area contributed by atoms with Gasteiger partial charge in [-0.1, -0.05) is 28.8 Å². The van der Waals surface area contributed by atoms with Gasteiger partial charge < -0.3 is 4.74 Å². The molecule has 124 valence electrons. The fourth-order valence-corrected chi connectivity index (χ4v) is 3.47. The van der Waals surface area contributed by atoms with Crippen LogP contribution in [-0.2, 0) is 10.0 Å². The summed E-state index contributed by atoms with van der Waals surface area (Å²) < 4.78 is 44.3. The molecule has 9 heteroatoms. The number of hydrogen-bond acceptors (Lipinski definition) is 5. The van der Waals surface area contributed by atoms with Crippen LogP contribution in [0.5, 0.6) is 6.01 Å². The Labute approximate surface area is 142 Å². The predicted octanol–water partition coefficient (Wildman–Crippen LogP) is 2.98. The number of halogens is 2. The number of hydrogen-bond donors (Lipinski definition) is 0. The van der Waals surface area contributed by atoms with Crippen molar-refractivity contribution in [3.63, 3.8) is 0 Å². The SMILES string of the molecule is COc1nc(-c2cccc(Cl)c2)n(S(=O)(=O)c2ccc(F)cc2)n1. The lowest BCUT2D eigenvalue weighted by Crippen LogP contribution is -2.16. The Kier molecular flexibility index (Phi) is 4.25. The highest BCUT2D eigenvalue weighted by Crippen LogP contribution is 2.26. The molecule has 1 aromatic heterocycles. The zero-order valence-electron chi connectivity index (χ0n) is 12.3. The smallest absolute Gasteiger partial charge is 0.336 e. The molecule has 1 heterocycles. The predicted molar refractivity (Wildman–Crippen MR) is 86.0 cm³/mol. The fourth-order valence-electron chi connectivity index (χ4n) is 2.04. The van der Waals surface area contributed by atoms with Crippen LogP contribution in [0.1, 0.15) is 0 Å². The highest BCUT2D eigenvalue weighted by Gasteiger charge is 2.25. The highest BCUT2D eigenvalue weighted by molar-refractivity contribution is 7.90. The number of rotatable bonds is 4. The Bertz CT molecular complexity index is 987. The monoisotopic (exact) mass is 367 g/mol. The van der Waals surface area contributed by atoms with Gasteiger partial charge in [0.25, 0.3) is 10.0 Å². The van der Waals surface area contributed by atoms with E-state index in [0.717, 1.165) is 28.4 Å². The van der Waals surface area contributed by atoms with Crippen LogP contribution >= 0.6 is 11.6 Å². The first-order valence-electron chi connectivity index (χ1n) is 6.70. The summed E-state index contributed by atoms with van der Waals surface area (Å²) in [6.45, 7) is 0. The summed E-state index contributed by atoms with van der Waals surface area (Å²) in [6.07, 6.45) is 0. The van der Waals surface area contributed by atoms with Gasteiger partial charge in [0.2, 0.25) is 0 Å². The van der Waals surface area contributed by atoms with E-state index in [2.05, 4.69) is 10.1 Å². The Balaban J connectivity index is 2.20. The van der Waals surface area contributed by atoms with Crippen LogP contribution in [0.3, 0.4) is 0 Å². The largest absolute Gasteiger partial charge is 0.466 e. The first kappa shape index (κ1) is 16.4. The molecule has 0 saturated heterocycles. The number of benzene rings is 2. The summed E-state index contributed by atoms with van der Waals surface area (Å²) in [7, 11) is -2.76. The third-order valence-electron chi connectivity index (χ3n) is 3.16. The molecule has 0 aliphatic heterocycles. The molecule has 0 unspecified atom stereocenters. The third kappa shape index (κ3) is 2.98. The number of ether oxygens (including phenoxy) is 1. The molecule has 0 fully saturated rings. The van der Waals surface area contributed by atoms with Gasteiger partial charge in [-0.05, 0) is 36.4 Å². The first-order valence-corrected chi connectivity index (χ1v) is 8.52. The topological polar surface area (TPSA) is 74.1 Å². The summed E-state index contributed by atoms with van der Waals surface area (Å²) in [5.41, 5.74) is 0.448. The second-order valence-corrected chi connectivity index (χ2v) is 6.94. The van der Waals surface area contributed by atoms with Crippen molar-refractivity contribution in [1.29, 1.82) is 0 Å². The molecule has 0 aliphatic rings. The minimum absolute atomic E-state index is 0.0404. The molecule has 24 heavy (non-hydrogen) atoms. The normalized spacial score (nSPS) is 11.5. The third-order valence-corrected chi connectivity index (χ3v) is 4.98. The minimum Gasteiger partial charge on any atom is -0.466 e. The van der Waals surface area contributed by atoms with E-state index in [1.54, 1.807) is 24.3 Å². The number of aromatic nitrogens is 3. The quantitative estimate of drug-likeness (QED) is 0.708. The van der Waals surface area contributed by atoms with Crippen LogP contribution in [0.25, 0.3) is 11.4 Å². The standard InChI is InChI=1S/C15H11ClFN3O3S/c1-23-15-18-14(10-3-2-4-11(16)9-10)20(19-15)24(21,22)13-7-5-12(17)6-8-13/h2-9H,1H3. The Hall–Kier alpha value is -2.45. The fraction of sp³-hybridized carbons (Fsp3) is 0.0667. The summed E-state index contributed by atoms with van der Waals surface area (Å²) in [6, 6.07) is 10.8. The van der Waals surface area contributed by atoms with E-state index >= 15 is 0 Å². The average Bonchev–Trinajstić information content (AvgIpc) is 3.00. The Morgan fingerprint density at radius 3 is 2.50 bits per heavy atom. The van der Waals surface area contributed by atoms with E-state index in [-0.39, 0.29) is 16.7 Å². The molecule has 0 bridgehead atoms. The maximum atomic E-state index is 13.1. The van der Waals surface area contributed by atoms with E-state index < -0.39 is 15.8 Å². The van der Waals surface area contributed by atoms with Crippen molar-refractivity contribution < 1.29 is 17.5 Å². The van der Waals surface area contributed by atoms with Crippen LogP contribution in [0.15, 0.2) is 53.4 Å². The molecule has 0 spiro atoms. The van der Waals surface area contributed by atoms with E-state index in [1.807, 2.05) is 0 Å². The molecule has 3 aromatic rings. The van der Waals surface area contributed by atoms with Crippen molar-refractivity contribution >= 4 is 21.6 Å². The maximum absolute atomic E-state index is 13.1. The molecule has 0 amide bonds. The molecule has 3 rings (SSSR count). The number of nitrogens with zero attached hydrogens (tertiary/aromatic N) is 3. The van der Waals surface area contributed by atoms with Crippen LogP contribution < -0.4 is 4.74 Å². The zero-order valence-corrected chi connectivity index (χ0v) is 13.9.